The summed E-state index contributed by atoms with van der Waals surface area (Å²) in [5.41, 5.74) is 1.44. The van der Waals surface area contributed by atoms with E-state index in [-0.39, 0.29) is 12.8 Å². The van der Waals surface area contributed by atoms with Gasteiger partial charge in [0.15, 0.2) is 0 Å². The van der Waals surface area contributed by atoms with Gasteiger partial charge in [-0.25, -0.2) is 4.79 Å². The second-order valence-corrected chi connectivity index (χ2v) is 4.13. The topological polar surface area (TPSA) is 116 Å². The summed E-state index contributed by atoms with van der Waals surface area (Å²) in [6.45, 7) is 2.89. The van der Waals surface area contributed by atoms with Gasteiger partial charge in [0.1, 0.15) is 6.04 Å². The Labute approximate surface area is 104 Å². The number of amides is 1. The predicted octanol–water partition coefficient (Wildman–Crippen LogP) is -0.660. The fraction of sp³-hybridized carbons (Fsp3) is 0.545. The average Bonchev–Trinajstić information content (AvgIpc) is 2.20. The van der Waals surface area contributed by atoms with Crippen LogP contribution < -0.4 is 10.6 Å². The molecule has 100 valence electrons. The highest BCUT2D eigenvalue weighted by molar-refractivity contribution is 5.96. The van der Waals surface area contributed by atoms with Crippen LogP contribution in [0.5, 0.6) is 0 Å². The number of hydrogen-bond donors (Lipinski definition) is 4. The van der Waals surface area contributed by atoms with Gasteiger partial charge in [-0.1, -0.05) is 0 Å². The number of carbonyl (C=O) groups is 3. The maximum absolute atomic E-state index is 11.7. The maximum atomic E-state index is 11.7. The predicted molar refractivity (Wildman–Crippen MR) is 62.0 cm³/mol. The van der Waals surface area contributed by atoms with Crippen LogP contribution in [0.2, 0.25) is 0 Å². The van der Waals surface area contributed by atoms with Gasteiger partial charge in [-0.15, -0.1) is 0 Å². The molecule has 1 rings (SSSR count). The van der Waals surface area contributed by atoms with Crippen molar-refractivity contribution in [3.8, 4) is 0 Å². The highest BCUT2D eigenvalue weighted by atomic mass is 16.4. The van der Waals surface area contributed by atoms with Crippen LogP contribution in [0.4, 0.5) is 0 Å². The molecule has 1 aliphatic rings. The molecule has 0 bridgehead atoms. The van der Waals surface area contributed by atoms with Crippen molar-refractivity contribution < 1.29 is 24.6 Å². The molecule has 0 aliphatic carbocycles. The minimum Gasteiger partial charge on any atom is -0.481 e. The third-order valence-corrected chi connectivity index (χ3v) is 2.80. The fourth-order valence-electron chi connectivity index (χ4n) is 1.47. The molecule has 0 saturated carbocycles. The Bertz CT molecular complexity index is 396. The molecule has 1 aliphatic heterocycles. The highest BCUT2D eigenvalue weighted by Crippen LogP contribution is 2.09. The molecule has 4 N–H and O–H groups in total. The van der Waals surface area contributed by atoms with E-state index < -0.39 is 23.9 Å². The SMILES string of the molecule is CC(C(=O)N[C@@H](CCC(=O)O)C(=O)O)=C1CNC1. The zero-order valence-corrected chi connectivity index (χ0v) is 10.0. The molecule has 1 saturated heterocycles. The van der Waals surface area contributed by atoms with Gasteiger partial charge in [0, 0.05) is 25.1 Å². The number of rotatable bonds is 6. The van der Waals surface area contributed by atoms with Gasteiger partial charge in [0.2, 0.25) is 5.91 Å². The van der Waals surface area contributed by atoms with Gasteiger partial charge >= 0.3 is 11.9 Å². The lowest BCUT2D eigenvalue weighted by Crippen LogP contribution is -2.43. The van der Waals surface area contributed by atoms with Crippen molar-refractivity contribution in [2.24, 2.45) is 0 Å². The minimum absolute atomic E-state index is 0.128. The van der Waals surface area contributed by atoms with Crippen molar-refractivity contribution in [1.82, 2.24) is 10.6 Å². The number of nitrogens with one attached hydrogen (secondary N) is 2. The molecule has 0 unspecified atom stereocenters. The number of hydrogen-bond acceptors (Lipinski definition) is 4. The Hall–Kier alpha value is -1.89. The molecule has 1 fully saturated rings. The van der Waals surface area contributed by atoms with Gasteiger partial charge in [-0.2, -0.15) is 0 Å². The van der Waals surface area contributed by atoms with Crippen molar-refractivity contribution in [2.45, 2.75) is 25.8 Å². The first-order valence-electron chi connectivity index (χ1n) is 5.56. The molecule has 0 aromatic carbocycles. The van der Waals surface area contributed by atoms with Crippen LogP contribution in [0.3, 0.4) is 0 Å². The van der Waals surface area contributed by atoms with Crippen LogP contribution in [-0.4, -0.2) is 47.2 Å². The largest absolute Gasteiger partial charge is 0.481 e. The molecule has 1 amide bonds. The van der Waals surface area contributed by atoms with Gasteiger partial charge in [0.25, 0.3) is 0 Å². The molecule has 1 atom stereocenters. The lowest BCUT2D eigenvalue weighted by molar-refractivity contribution is -0.142. The third-order valence-electron chi connectivity index (χ3n) is 2.80. The summed E-state index contributed by atoms with van der Waals surface area (Å²) < 4.78 is 0. The molecule has 0 spiro atoms. The maximum Gasteiger partial charge on any atom is 0.326 e. The lowest BCUT2D eigenvalue weighted by atomic mass is 10.0. The van der Waals surface area contributed by atoms with Crippen molar-refractivity contribution in [1.29, 1.82) is 0 Å². The Morgan fingerprint density at radius 2 is 1.94 bits per heavy atom. The smallest absolute Gasteiger partial charge is 0.326 e. The molecule has 7 heteroatoms. The van der Waals surface area contributed by atoms with Gasteiger partial charge in [0.05, 0.1) is 0 Å². The summed E-state index contributed by atoms with van der Waals surface area (Å²) in [4.78, 5) is 33.0. The number of carbonyl (C=O) groups excluding carboxylic acids is 1. The highest BCUT2D eigenvalue weighted by Gasteiger charge is 2.23. The van der Waals surface area contributed by atoms with E-state index in [4.69, 9.17) is 10.2 Å². The first kappa shape index (κ1) is 14.2. The summed E-state index contributed by atoms with van der Waals surface area (Å²) in [5.74, 6) is -2.77. The molecule has 18 heavy (non-hydrogen) atoms. The summed E-state index contributed by atoms with van der Waals surface area (Å²) in [6, 6.07) is -1.17. The third kappa shape index (κ3) is 3.85. The second kappa shape index (κ2) is 6.15. The minimum atomic E-state index is -1.23. The van der Waals surface area contributed by atoms with E-state index in [0.717, 1.165) is 5.57 Å². The van der Waals surface area contributed by atoms with E-state index in [9.17, 15) is 14.4 Å². The Morgan fingerprint density at radius 1 is 1.33 bits per heavy atom. The fourth-order valence-corrected chi connectivity index (χ4v) is 1.47. The van der Waals surface area contributed by atoms with Crippen LogP contribution in [0, 0.1) is 0 Å². The second-order valence-electron chi connectivity index (χ2n) is 4.13. The van der Waals surface area contributed by atoms with E-state index >= 15 is 0 Å². The molecule has 1 heterocycles. The lowest BCUT2D eigenvalue weighted by Gasteiger charge is -2.22. The number of carboxylic acid groups (broad SMARTS) is 2. The molecule has 0 aromatic rings. The van der Waals surface area contributed by atoms with Crippen LogP contribution in [0.15, 0.2) is 11.1 Å². The van der Waals surface area contributed by atoms with E-state index in [2.05, 4.69) is 10.6 Å². The van der Waals surface area contributed by atoms with E-state index in [1.807, 2.05) is 0 Å². The summed E-state index contributed by atoms with van der Waals surface area (Å²) in [6.07, 6.45) is -0.425. The average molecular weight is 256 g/mol. The summed E-state index contributed by atoms with van der Waals surface area (Å²) in [7, 11) is 0. The van der Waals surface area contributed by atoms with Gasteiger partial charge in [-0.3, -0.25) is 9.59 Å². The van der Waals surface area contributed by atoms with Crippen LogP contribution in [0.25, 0.3) is 0 Å². The first-order valence-corrected chi connectivity index (χ1v) is 5.56. The quantitative estimate of drug-likeness (QED) is 0.469. The standard InChI is InChI=1S/C11H16N2O5/c1-6(7-4-12-5-7)10(16)13-8(11(17)18)2-3-9(14)15/h8,12H,2-5H2,1H3,(H,13,16)(H,14,15)(H,17,18)/t8-/m0/s1. The Balaban J connectivity index is 2.57. The van der Waals surface area contributed by atoms with E-state index in [1.54, 1.807) is 6.92 Å². The normalized spacial score (nSPS) is 15.5. The molecule has 0 aromatic heterocycles. The van der Waals surface area contributed by atoms with Crippen molar-refractivity contribution >= 4 is 17.8 Å². The van der Waals surface area contributed by atoms with Gasteiger partial charge < -0.3 is 20.8 Å². The summed E-state index contributed by atoms with van der Waals surface area (Å²) >= 11 is 0. The Morgan fingerprint density at radius 3 is 2.33 bits per heavy atom. The van der Waals surface area contributed by atoms with Gasteiger partial charge in [-0.05, 0) is 18.9 Å². The molecule has 0 radical (unpaired) electrons. The molecular formula is C11H16N2O5. The first-order chi connectivity index (χ1) is 8.41. The van der Waals surface area contributed by atoms with Crippen molar-refractivity contribution in [3.63, 3.8) is 0 Å². The van der Waals surface area contributed by atoms with Crippen molar-refractivity contribution in [3.05, 3.63) is 11.1 Å². The number of carboxylic acids is 2. The Kier molecular flexibility index (Phi) is 4.85. The van der Waals surface area contributed by atoms with Crippen LogP contribution >= 0.6 is 0 Å². The monoisotopic (exact) mass is 256 g/mol. The van der Waals surface area contributed by atoms with Crippen LogP contribution in [0.1, 0.15) is 19.8 Å². The zero-order chi connectivity index (χ0) is 13.7. The van der Waals surface area contributed by atoms with Crippen molar-refractivity contribution in [2.75, 3.05) is 13.1 Å². The van der Waals surface area contributed by atoms with E-state index in [0.29, 0.717) is 18.7 Å². The zero-order valence-electron chi connectivity index (χ0n) is 10.0. The number of aliphatic carboxylic acids is 2. The van der Waals surface area contributed by atoms with E-state index in [1.165, 1.54) is 0 Å². The van der Waals surface area contributed by atoms with Crippen LogP contribution in [-0.2, 0) is 14.4 Å². The molecular weight excluding hydrogens is 240 g/mol. The summed E-state index contributed by atoms with van der Waals surface area (Å²) in [5, 5.41) is 22.7. The molecule has 7 nitrogen and oxygen atoms in total.